The molecule has 1 unspecified atom stereocenters. The molecule has 0 radical (unpaired) electrons. The van der Waals surface area contributed by atoms with Crippen molar-refractivity contribution in [3.8, 4) is 0 Å². The molecule has 0 bridgehead atoms. The summed E-state index contributed by atoms with van der Waals surface area (Å²) < 4.78 is 5.99. The minimum Gasteiger partial charge on any atom is -0.466 e. The van der Waals surface area contributed by atoms with Gasteiger partial charge in [0.25, 0.3) is 5.91 Å². The van der Waals surface area contributed by atoms with Crippen molar-refractivity contribution in [2.24, 2.45) is 11.3 Å². The van der Waals surface area contributed by atoms with E-state index in [1.165, 1.54) is 11.3 Å². The van der Waals surface area contributed by atoms with Crippen LogP contribution in [-0.4, -0.2) is 25.0 Å². The predicted molar refractivity (Wildman–Crippen MR) is 93.3 cm³/mol. The second kappa shape index (κ2) is 8.11. The molecule has 1 rings (SSSR count). The summed E-state index contributed by atoms with van der Waals surface area (Å²) in [6.45, 7) is 10.3. The molecule has 1 aromatic heterocycles. The molecule has 22 heavy (non-hydrogen) atoms. The molecule has 0 spiro atoms. The van der Waals surface area contributed by atoms with Gasteiger partial charge < -0.3 is 10.1 Å². The fourth-order valence-electron chi connectivity index (χ4n) is 2.37. The van der Waals surface area contributed by atoms with Crippen molar-refractivity contribution in [1.29, 1.82) is 0 Å². The highest BCUT2D eigenvalue weighted by molar-refractivity contribution is 9.10. The van der Waals surface area contributed by atoms with Crippen molar-refractivity contribution in [3.05, 3.63) is 20.3 Å². The van der Waals surface area contributed by atoms with E-state index in [1.807, 2.05) is 19.2 Å². The zero-order valence-corrected chi connectivity index (χ0v) is 16.2. The van der Waals surface area contributed by atoms with Crippen molar-refractivity contribution in [3.63, 3.8) is 0 Å². The molecule has 4 nitrogen and oxygen atoms in total. The first-order valence-corrected chi connectivity index (χ1v) is 9.07. The Bertz CT molecular complexity index is 541. The van der Waals surface area contributed by atoms with Crippen LogP contribution in [0.3, 0.4) is 0 Å². The minimum atomic E-state index is -0.710. The van der Waals surface area contributed by atoms with E-state index in [-0.39, 0.29) is 18.4 Å². The Morgan fingerprint density at radius 2 is 2.09 bits per heavy atom. The molecule has 0 aliphatic carbocycles. The van der Waals surface area contributed by atoms with Gasteiger partial charge in [-0.25, -0.2) is 0 Å². The third-order valence-electron chi connectivity index (χ3n) is 3.37. The number of thiophene rings is 1. The molecule has 6 heteroatoms. The lowest BCUT2D eigenvalue weighted by Crippen LogP contribution is -2.42. The van der Waals surface area contributed by atoms with E-state index >= 15 is 0 Å². The van der Waals surface area contributed by atoms with Crippen LogP contribution in [0.4, 0.5) is 0 Å². The highest BCUT2D eigenvalue weighted by atomic mass is 79.9. The van der Waals surface area contributed by atoms with Crippen LogP contribution in [0.5, 0.6) is 0 Å². The summed E-state index contributed by atoms with van der Waals surface area (Å²) in [6, 6.07) is 0. The third kappa shape index (κ3) is 4.81. The van der Waals surface area contributed by atoms with E-state index in [0.29, 0.717) is 23.8 Å². The molecular formula is C16H24BrNO3S. The first-order chi connectivity index (χ1) is 10.2. The molecule has 0 aliphatic rings. The van der Waals surface area contributed by atoms with Crippen molar-refractivity contribution in [2.45, 2.75) is 41.0 Å². The summed E-state index contributed by atoms with van der Waals surface area (Å²) in [5.41, 5.74) is 0.323. The zero-order chi connectivity index (χ0) is 16.9. The Morgan fingerprint density at radius 3 is 2.55 bits per heavy atom. The maximum atomic E-state index is 12.3. The lowest BCUT2D eigenvalue weighted by molar-refractivity contribution is -0.155. The maximum Gasteiger partial charge on any atom is 0.313 e. The molecular weight excluding hydrogens is 366 g/mol. The van der Waals surface area contributed by atoms with Gasteiger partial charge in [-0.05, 0) is 60.0 Å². The van der Waals surface area contributed by atoms with Crippen LogP contribution in [0.15, 0.2) is 9.85 Å². The first kappa shape index (κ1) is 19.2. The normalized spacial score (nSPS) is 13.8. The van der Waals surface area contributed by atoms with Crippen LogP contribution in [0.1, 0.15) is 49.4 Å². The van der Waals surface area contributed by atoms with Crippen molar-refractivity contribution < 1.29 is 14.3 Å². The van der Waals surface area contributed by atoms with E-state index in [0.717, 1.165) is 10.0 Å². The molecule has 0 fully saturated rings. The molecule has 1 aromatic rings. The number of rotatable bonds is 7. The number of nitrogens with one attached hydrogen (secondary N) is 1. The number of halogens is 1. The molecule has 0 aliphatic heterocycles. The second-order valence-electron chi connectivity index (χ2n) is 6.12. The fraction of sp³-hybridized carbons (Fsp3) is 0.625. The predicted octanol–water partition coefficient (Wildman–Crippen LogP) is 4.16. The topological polar surface area (TPSA) is 55.4 Å². The third-order valence-corrected chi connectivity index (χ3v) is 5.75. The smallest absolute Gasteiger partial charge is 0.313 e. The quantitative estimate of drug-likeness (QED) is 0.712. The Morgan fingerprint density at radius 1 is 1.45 bits per heavy atom. The summed E-state index contributed by atoms with van der Waals surface area (Å²) in [6.07, 6.45) is 0.663. The SMILES string of the molecule is CCOC(=O)C(C)(CNC(=O)c1scc(C)c1Br)CC(C)C. The van der Waals surface area contributed by atoms with Gasteiger partial charge in [0.15, 0.2) is 0 Å². The van der Waals surface area contributed by atoms with Crippen LogP contribution < -0.4 is 5.32 Å². The fourth-order valence-corrected chi connectivity index (χ4v) is 3.96. The van der Waals surface area contributed by atoms with Crippen LogP contribution in [-0.2, 0) is 9.53 Å². The van der Waals surface area contributed by atoms with E-state index in [4.69, 9.17) is 4.74 Å². The summed E-state index contributed by atoms with van der Waals surface area (Å²) in [7, 11) is 0. The average Bonchev–Trinajstić information content (AvgIpc) is 2.76. The lowest BCUT2D eigenvalue weighted by Gasteiger charge is -2.29. The number of amides is 1. The molecule has 1 N–H and O–H groups in total. The number of carbonyl (C=O) groups is 2. The Hall–Kier alpha value is -0.880. The Labute approximate surface area is 144 Å². The van der Waals surface area contributed by atoms with Crippen LogP contribution in [0.25, 0.3) is 0 Å². The number of ether oxygens (including phenoxy) is 1. The van der Waals surface area contributed by atoms with Gasteiger partial charge in [-0.1, -0.05) is 13.8 Å². The number of esters is 1. The van der Waals surface area contributed by atoms with E-state index < -0.39 is 5.41 Å². The van der Waals surface area contributed by atoms with Gasteiger partial charge in [-0.2, -0.15) is 0 Å². The molecule has 1 amide bonds. The number of carbonyl (C=O) groups excluding carboxylic acids is 2. The largest absolute Gasteiger partial charge is 0.466 e. The van der Waals surface area contributed by atoms with Crippen molar-refractivity contribution in [1.82, 2.24) is 5.32 Å². The first-order valence-electron chi connectivity index (χ1n) is 7.40. The summed E-state index contributed by atoms with van der Waals surface area (Å²) in [5.74, 6) is -0.0864. The number of hydrogen-bond donors (Lipinski definition) is 1. The standard InChI is InChI=1S/C16H24BrNO3S/c1-6-21-15(20)16(5,7-10(2)3)9-18-14(19)13-12(17)11(4)8-22-13/h8,10H,6-7,9H2,1-5H3,(H,18,19). The molecule has 0 saturated carbocycles. The molecule has 0 aromatic carbocycles. The Balaban J connectivity index is 2.80. The van der Waals surface area contributed by atoms with Gasteiger partial charge in [-0.15, -0.1) is 11.3 Å². The van der Waals surface area contributed by atoms with Gasteiger partial charge in [0.1, 0.15) is 4.88 Å². The van der Waals surface area contributed by atoms with Gasteiger partial charge in [-0.3, -0.25) is 9.59 Å². The second-order valence-corrected chi connectivity index (χ2v) is 7.80. The summed E-state index contributed by atoms with van der Waals surface area (Å²) >= 11 is 4.82. The highest BCUT2D eigenvalue weighted by Gasteiger charge is 2.36. The van der Waals surface area contributed by atoms with Crippen LogP contribution >= 0.6 is 27.3 Å². The van der Waals surface area contributed by atoms with E-state index in [9.17, 15) is 9.59 Å². The highest BCUT2D eigenvalue weighted by Crippen LogP contribution is 2.29. The zero-order valence-electron chi connectivity index (χ0n) is 13.8. The Kier molecular flexibility index (Phi) is 7.06. The van der Waals surface area contributed by atoms with Crippen LogP contribution in [0.2, 0.25) is 0 Å². The van der Waals surface area contributed by atoms with E-state index in [2.05, 4.69) is 35.1 Å². The number of aryl methyl sites for hydroxylation is 1. The average molecular weight is 390 g/mol. The lowest BCUT2D eigenvalue weighted by atomic mass is 9.82. The van der Waals surface area contributed by atoms with Gasteiger partial charge >= 0.3 is 5.97 Å². The molecule has 124 valence electrons. The molecule has 0 saturated heterocycles. The van der Waals surface area contributed by atoms with Crippen molar-refractivity contribution in [2.75, 3.05) is 13.2 Å². The summed E-state index contributed by atoms with van der Waals surface area (Å²) in [5, 5.41) is 4.81. The van der Waals surface area contributed by atoms with E-state index in [1.54, 1.807) is 6.92 Å². The monoisotopic (exact) mass is 389 g/mol. The number of hydrogen-bond acceptors (Lipinski definition) is 4. The summed E-state index contributed by atoms with van der Waals surface area (Å²) in [4.78, 5) is 25.2. The molecule has 1 atom stereocenters. The van der Waals surface area contributed by atoms with Gasteiger partial charge in [0.2, 0.25) is 0 Å². The van der Waals surface area contributed by atoms with Gasteiger partial charge in [0.05, 0.1) is 12.0 Å². The molecule has 1 heterocycles. The van der Waals surface area contributed by atoms with Crippen LogP contribution in [0, 0.1) is 18.3 Å². The van der Waals surface area contributed by atoms with Gasteiger partial charge in [0, 0.05) is 11.0 Å². The van der Waals surface area contributed by atoms with Crippen molar-refractivity contribution >= 4 is 39.1 Å². The minimum absolute atomic E-state index is 0.163. The maximum absolute atomic E-state index is 12.3.